The van der Waals surface area contributed by atoms with Crippen LogP contribution in [0.15, 0.2) is 4.99 Å². The smallest absolute Gasteiger partial charge is 0.469 e. The first-order valence-corrected chi connectivity index (χ1v) is 22.8. The first-order valence-electron chi connectivity index (χ1n) is 21.3. The van der Waals surface area contributed by atoms with E-state index in [1.54, 1.807) is 13.8 Å². The van der Waals surface area contributed by atoms with E-state index in [1.807, 2.05) is 10.6 Å². The summed E-state index contributed by atoms with van der Waals surface area (Å²) >= 11 is 0. The molecule has 392 valence electrons. The van der Waals surface area contributed by atoms with Crippen LogP contribution in [0, 0.1) is 5.92 Å². The molecule has 0 aliphatic heterocycles. The van der Waals surface area contributed by atoms with Crippen molar-refractivity contribution in [2.45, 2.75) is 133 Å². The second-order valence-electron chi connectivity index (χ2n) is 15.9. The van der Waals surface area contributed by atoms with Gasteiger partial charge in [-0.1, -0.05) is 20.3 Å². The molecule has 8 atom stereocenters. The van der Waals surface area contributed by atoms with Crippen molar-refractivity contribution in [1.29, 1.82) is 0 Å². The number of guanidine groups is 1. The van der Waals surface area contributed by atoms with E-state index >= 15 is 0 Å². The number of rotatable bonds is 35. The van der Waals surface area contributed by atoms with Crippen molar-refractivity contribution in [2.24, 2.45) is 39.6 Å². The molecular formula is C37H66N13O18P. The number of carbonyl (C=O) groups excluding carboxylic acids is 8. The first kappa shape index (κ1) is 62.5. The van der Waals surface area contributed by atoms with Crippen LogP contribution in [0.3, 0.4) is 0 Å². The van der Waals surface area contributed by atoms with Crippen molar-refractivity contribution < 1.29 is 86.9 Å². The largest absolute Gasteiger partial charge is 0.481 e. The van der Waals surface area contributed by atoms with E-state index in [9.17, 15) is 82.4 Å². The molecule has 0 radical (unpaired) electrons. The van der Waals surface area contributed by atoms with Crippen molar-refractivity contribution in [2.75, 3.05) is 19.7 Å². The maximum absolute atomic E-state index is 13.6. The van der Waals surface area contributed by atoms with Gasteiger partial charge in [0.15, 0.2) is 5.96 Å². The first-order chi connectivity index (χ1) is 32.0. The number of phosphoric ester groups is 1. The third-order valence-corrected chi connectivity index (χ3v) is 9.82. The van der Waals surface area contributed by atoms with Gasteiger partial charge in [-0.3, -0.25) is 57.5 Å². The lowest BCUT2D eigenvalue weighted by molar-refractivity contribution is -0.143. The van der Waals surface area contributed by atoms with Crippen LogP contribution in [0.25, 0.3) is 0 Å². The van der Waals surface area contributed by atoms with Crippen molar-refractivity contribution in [3.63, 3.8) is 0 Å². The Morgan fingerprint density at radius 2 is 1.07 bits per heavy atom. The van der Waals surface area contributed by atoms with E-state index in [0.29, 0.717) is 19.4 Å². The van der Waals surface area contributed by atoms with E-state index in [1.165, 1.54) is 0 Å². The maximum Gasteiger partial charge on any atom is 0.469 e. The van der Waals surface area contributed by atoms with E-state index in [2.05, 4.69) is 36.1 Å². The maximum atomic E-state index is 13.6. The Morgan fingerprint density at radius 1 is 0.580 bits per heavy atom. The van der Waals surface area contributed by atoms with Gasteiger partial charge in [-0.2, -0.15) is 0 Å². The average Bonchev–Trinajstić information content (AvgIpc) is 3.22. The minimum Gasteiger partial charge on any atom is -0.481 e. The van der Waals surface area contributed by atoms with Gasteiger partial charge in [-0.15, -0.1) is 0 Å². The van der Waals surface area contributed by atoms with Gasteiger partial charge in [0.05, 0.1) is 25.5 Å². The zero-order valence-electron chi connectivity index (χ0n) is 38.2. The SMILES string of the molecule is CC(C)C[C@H](NC(=O)[C@@H](N)CCCCN)C(=O)N[C@@H](COP(=O)(O)O)C(=O)N[C@@H](CCC(=O)O)C(=O)N[C@@H](C)C(=O)N[C@@H](CC(=O)O)C(=O)N[C@@H](CC(N)=O)C(=O)N[C@@H](CCCN=C(N)N)C(=O)O. The van der Waals surface area contributed by atoms with E-state index in [-0.39, 0.29) is 44.1 Å². The summed E-state index contributed by atoms with van der Waals surface area (Å²) in [5.41, 5.74) is 27.1. The normalized spacial score (nSPS) is 14.7. The Labute approximate surface area is 395 Å². The Kier molecular flexibility index (Phi) is 28.5. The second kappa shape index (κ2) is 31.5. The van der Waals surface area contributed by atoms with Gasteiger partial charge in [0.1, 0.15) is 42.3 Å². The van der Waals surface area contributed by atoms with Crippen LogP contribution in [0.5, 0.6) is 0 Å². The molecule has 0 aliphatic carbocycles. The number of aliphatic imine (C=N–C) groups is 1. The van der Waals surface area contributed by atoms with Gasteiger partial charge in [-0.05, 0) is 57.9 Å². The number of carboxylic acid groups (broad SMARTS) is 3. The highest BCUT2D eigenvalue weighted by Crippen LogP contribution is 2.35. The number of nitrogens with two attached hydrogens (primary N) is 5. The summed E-state index contributed by atoms with van der Waals surface area (Å²) in [4.78, 5) is 162. The zero-order valence-corrected chi connectivity index (χ0v) is 39.1. The van der Waals surface area contributed by atoms with Gasteiger partial charge in [0.2, 0.25) is 47.3 Å². The van der Waals surface area contributed by atoms with E-state index in [0.717, 1.165) is 6.92 Å². The monoisotopic (exact) mass is 1010 g/mol. The highest BCUT2D eigenvalue weighted by Gasteiger charge is 2.35. The summed E-state index contributed by atoms with van der Waals surface area (Å²) in [6.45, 7) is 3.47. The number of hydrogen-bond acceptors (Lipinski definition) is 16. The molecule has 0 bridgehead atoms. The standard InChI is InChI=1S/C37H66N13O18P/c1-17(2)13-22(48-30(57)19(39)7-4-5-11-38)32(59)50-25(16-68-69(65,66)67)35(62)45-20(9-10-27(52)53)31(58)44-18(3)29(56)47-24(15-28(54)55)34(61)49-23(14-26(40)51)33(60)46-21(36(63)64)8-6-12-43-37(41)42/h17-25H,4-16,38-39H2,1-3H3,(H2,40,51)(H,44,58)(H,45,62)(H,46,60)(H,47,56)(H,48,57)(H,49,61)(H,50,59)(H,52,53)(H,54,55)(H,63,64)(H4,41,42,43)(H2,65,66,67)/t18-,19-,20-,21-,22-,23-,24-,25-/m0/s1. The van der Waals surface area contributed by atoms with Crippen LogP contribution >= 0.6 is 7.82 Å². The molecule has 31 nitrogen and oxygen atoms in total. The molecule has 0 fully saturated rings. The lowest BCUT2D eigenvalue weighted by Crippen LogP contribution is -2.60. The Hall–Kier alpha value is -6.53. The predicted molar refractivity (Wildman–Crippen MR) is 238 cm³/mol. The van der Waals surface area contributed by atoms with E-state index in [4.69, 9.17) is 28.7 Å². The number of primary amides is 1. The molecule has 0 aromatic carbocycles. The predicted octanol–water partition coefficient (Wildman–Crippen LogP) is -6.64. The van der Waals surface area contributed by atoms with Crippen molar-refractivity contribution in [3.05, 3.63) is 0 Å². The van der Waals surface area contributed by atoms with Gasteiger partial charge in [-0.25, -0.2) is 9.36 Å². The summed E-state index contributed by atoms with van der Waals surface area (Å²) in [5.74, 6) is -14.8. The molecule has 69 heavy (non-hydrogen) atoms. The number of carboxylic acids is 3. The Bertz CT molecular complexity index is 1900. The molecular weight excluding hydrogens is 945 g/mol. The third kappa shape index (κ3) is 27.8. The third-order valence-electron chi connectivity index (χ3n) is 9.33. The topological polar surface area (TPSA) is 542 Å². The fourth-order valence-electron chi connectivity index (χ4n) is 5.83. The molecule has 0 rings (SSSR count). The molecule has 32 heteroatoms. The zero-order chi connectivity index (χ0) is 53.2. The Balaban J connectivity index is 6.40. The van der Waals surface area contributed by atoms with Crippen LogP contribution < -0.4 is 65.9 Å². The molecule has 0 unspecified atom stereocenters. The van der Waals surface area contributed by atoms with Crippen molar-refractivity contribution in [1.82, 2.24) is 37.2 Å². The minimum absolute atomic E-state index is 0.0242. The highest BCUT2D eigenvalue weighted by atomic mass is 31.2. The molecule has 0 saturated heterocycles. The van der Waals surface area contributed by atoms with Crippen molar-refractivity contribution >= 4 is 78.9 Å². The average molecular weight is 1010 g/mol. The number of phosphoric acid groups is 1. The number of amides is 8. The molecule has 0 spiro atoms. The fourth-order valence-corrected chi connectivity index (χ4v) is 6.18. The molecule has 0 aromatic heterocycles. The number of aliphatic carboxylic acids is 3. The molecule has 0 heterocycles. The summed E-state index contributed by atoms with van der Waals surface area (Å²) in [6.07, 6.45) is -2.56. The van der Waals surface area contributed by atoms with Crippen LogP contribution in [-0.2, 0) is 61.8 Å². The lowest BCUT2D eigenvalue weighted by atomic mass is 10.0. The molecule has 0 aromatic rings. The van der Waals surface area contributed by atoms with Crippen LogP contribution in [0.1, 0.15) is 85.0 Å². The van der Waals surface area contributed by atoms with Crippen LogP contribution in [-0.4, -0.2) is 164 Å². The molecule has 22 N–H and O–H groups in total. The second-order valence-corrected chi connectivity index (χ2v) is 17.1. The van der Waals surface area contributed by atoms with Crippen LogP contribution in [0.2, 0.25) is 0 Å². The molecule has 0 aliphatic rings. The lowest BCUT2D eigenvalue weighted by Gasteiger charge is -2.27. The summed E-state index contributed by atoms with van der Waals surface area (Å²) in [5, 5.41) is 43.5. The number of nitrogens with one attached hydrogen (secondary N) is 7. The highest BCUT2D eigenvalue weighted by molar-refractivity contribution is 7.46. The molecule has 8 amide bonds. The van der Waals surface area contributed by atoms with Crippen molar-refractivity contribution in [3.8, 4) is 0 Å². The minimum atomic E-state index is -5.34. The quantitative estimate of drug-likeness (QED) is 0.0121. The van der Waals surface area contributed by atoms with Crippen LogP contribution in [0.4, 0.5) is 0 Å². The number of hydrogen-bond donors (Lipinski definition) is 17. The summed E-state index contributed by atoms with van der Waals surface area (Å²) in [7, 11) is -5.34. The van der Waals surface area contributed by atoms with Gasteiger partial charge < -0.3 is 91.0 Å². The van der Waals surface area contributed by atoms with Gasteiger partial charge in [0.25, 0.3) is 0 Å². The summed E-state index contributed by atoms with van der Waals surface area (Å²) in [6, 6.07) is -13.6. The number of nitrogens with zero attached hydrogens (tertiary/aromatic N) is 1. The number of carbonyl (C=O) groups is 11. The Morgan fingerprint density at radius 3 is 1.58 bits per heavy atom. The van der Waals surface area contributed by atoms with E-state index < -0.39 is 154 Å². The van der Waals surface area contributed by atoms with Gasteiger partial charge >= 0.3 is 25.7 Å². The molecule has 0 saturated carbocycles. The van der Waals surface area contributed by atoms with Gasteiger partial charge in [0, 0.05) is 13.0 Å². The summed E-state index contributed by atoms with van der Waals surface area (Å²) < 4.78 is 16.1. The fraction of sp³-hybridized carbons (Fsp3) is 0.676. The number of unbranched alkanes of at least 4 members (excludes halogenated alkanes) is 1.